The summed E-state index contributed by atoms with van der Waals surface area (Å²) in [6, 6.07) is 40.6. The van der Waals surface area contributed by atoms with Gasteiger partial charge in [0.15, 0.2) is 0 Å². The van der Waals surface area contributed by atoms with Gasteiger partial charge in [-0.25, -0.2) is 0 Å². The second-order valence-corrected chi connectivity index (χ2v) is 9.72. The second kappa shape index (κ2) is 7.85. The SMILES string of the molecule is c1ccc2c(c1)Cc1c(Cc3ccc(Cc4cccc5c4Cc4ccccc4-5)cc3)cccc1-2. The van der Waals surface area contributed by atoms with E-state index in [2.05, 4.69) is 109 Å². The highest BCUT2D eigenvalue weighted by molar-refractivity contribution is 5.79. The Morgan fingerprint density at radius 2 is 0.794 bits per heavy atom. The van der Waals surface area contributed by atoms with Gasteiger partial charge < -0.3 is 0 Å². The van der Waals surface area contributed by atoms with Crippen LogP contribution in [0.4, 0.5) is 0 Å². The smallest absolute Gasteiger partial charge is 0.00106 e. The number of rotatable bonds is 4. The van der Waals surface area contributed by atoms with E-state index < -0.39 is 0 Å². The molecule has 0 atom stereocenters. The Morgan fingerprint density at radius 3 is 1.26 bits per heavy atom. The molecule has 2 aliphatic rings. The minimum atomic E-state index is 0.994. The van der Waals surface area contributed by atoms with Crippen molar-refractivity contribution in [3.05, 3.63) is 154 Å². The molecule has 5 aromatic carbocycles. The van der Waals surface area contributed by atoms with Crippen LogP contribution in [0.5, 0.6) is 0 Å². The molecular weight excluding hydrogens is 408 g/mol. The summed E-state index contributed by atoms with van der Waals surface area (Å²) >= 11 is 0. The van der Waals surface area contributed by atoms with E-state index in [1.807, 2.05) is 0 Å². The van der Waals surface area contributed by atoms with Gasteiger partial charge in [-0.1, -0.05) is 109 Å². The van der Waals surface area contributed by atoms with Crippen LogP contribution in [0.1, 0.15) is 44.5 Å². The zero-order valence-electron chi connectivity index (χ0n) is 19.2. The van der Waals surface area contributed by atoms with Crippen LogP contribution in [0.3, 0.4) is 0 Å². The van der Waals surface area contributed by atoms with Crippen LogP contribution < -0.4 is 0 Å². The van der Waals surface area contributed by atoms with Gasteiger partial charge in [0, 0.05) is 0 Å². The van der Waals surface area contributed by atoms with Crippen molar-refractivity contribution in [1.29, 1.82) is 0 Å². The van der Waals surface area contributed by atoms with E-state index in [4.69, 9.17) is 0 Å². The molecule has 0 nitrogen and oxygen atoms in total. The van der Waals surface area contributed by atoms with E-state index in [0.717, 1.165) is 25.7 Å². The van der Waals surface area contributed by atoms with Crippen LogP contribution in [0.15, 0.2) is 109 Å². The highest BCUT2D eigenvalue weighted by atomic mass is 14.3. The summed E-state index contributed by atoms with van der Waals surface area (Å²) in [4.78, 5) is 0. The average molecular weight is 435 g/mol. The molecule has 0 aliphatic heterocycles. The molecule has 0 spiro atoms. The summed E-state index contributed by atoms with van der Waals surface area (Å²) in [5.74, 6) is 0. The first-order valence-electron chi connectivity index (χ1n) is 12.3. The lowest BCUT2D eigenvalue weighted by atomic mass is 9.93. The third-order valence-electron chi connectivity index (χ3n) is 7.71. The Balaban J connectivity index is 1.13. The largest absolute Gasteiger partial charge is 0.0619 e. The van der Waals surface area contributed by atoms with Gasteiger partial charge in [0.1, 0.15) is 0 Å². The van der Waals surface area contributed by atoms with E-state index in [9.17, 15) is 0 Å². The van der Waals surface area contributed by atoms with Gasteiger partial charge in [-0.05, 0) is 92.4 Å². The highest BCUT2D eigenvalue weighted by Crippen LogP contribution is 2.40. The molecule has 2 aliphatic carbocycles. The van der Waals surface area contributed by atoms with E-state index in [0.29, 0.717) is 0 Å². The highest BCUT2D eigenvalue weighted by Gasteiger charge is 2.21. The molecule has 0 amide bonds. The first kappa shape index (κ1) is 19.6. The molecule has 0 saturated heterocycles. The third-order valence-corrected chi connectivity index (χ3v) is 7.71. The van der Waals surface area contributed by atoms with Gasteiger partial charge in [-0.3, -0.25) is 0 Å². The maximum atomic E-state index is 2.33. The normalized spacial score (nSPS) is 12.7. The molecule has 34 heavy (non-hydrogen) atoms. The monoisotopic (exact) mass is 434 g/mol. The van der Waals surface area contributed by atoms with Gasteiger partial charge in [0.05, 0.1) is 0 Å². The zero-order valence-corrected chi connectivity index (χ0v) is 19.2. The molecule has 0 heterocycles. The topological polar surface area (TPSA) is 0 Å². The predicted octanol–water partition coefficient (Wildman–Crippen LogP) is 8.01. The first-order chi connectivity index (χ1) is 16.8. The Morgan fingerprint density at radius 1 is 0.382 bits per heavy atom. The quantitative estimate of drug-likeness (QED) is 0.263. The summed E-state index contributed by atoms with van der Waals surface area (Å²) in [5.41, 5.74) is 17.3. The van der Waals surface area contributed by atoms with Crippen LogP contribution in [-0.2, 0) is 25.7 Å². The number of benzene rings is 5. The number of hydrogen-bond donors (Lipinski definition) is 0. The van der Waals surface area contributed by atoms with Gasteiger partial charge >= 0.3 is 0 Å². The molecule has 162 valence electrons. The van der Waals surface area contributed by atoms with Gasteiger partial charge in [-0.15, -0.1) is 0 Å². The Labute approximate surface area is 201 Å². The molecular formula is C34H26. The van der Waals surface area contributed by atoms with Crippen molar-refractivity contribution in [3.63, 3.8) is 0 Å². The maximum absolute atomic E-state index is 2.33. The van der Waals surface area contributed by atoms with Crippen molar-refractivity contribution >= 4 is 0 Å². The maximum Gasteiger partial charge on any atom is -0.00106 e. The lowest BCUT2D eigenvalue weighted by molar-refractivity contribution is 1.10. The molecule has 0 bridgehead atoms. The minimum absolute atomic E-state index is 0.994. The van der Waals surface area contributed by atoms with Crippen molar-refractivity contribution in [2.75, 3.05) is 0 Å². The van der Waals surface area contributed by atoms with Crippen LogP contribution in [0.2, 0.25) is 0 Å². The molecule has 7 rings (SSSR count). The molecule has 0 N–H and O–H groups in total. The molecule has 0 saturated carbocycles. The average Bonchev–Trinajstić information content (AvgIpc) is 3.45. The van der Waals surface area contributed by atoms with Gasteiger partial charge in [0.25, 0.3) is 0 Å². The second-order valence-electron chi connectivity index (χ2n) is 9.72. The van der Waals surface area contributed by atoms with Crippen molar-refractivity contribution in [2.24, 2.45) is 0 Å². The van der Waals surface area contributed by atoms with Gasteiger partial charge in [-0.2, -0.15) is 0 Å². The molecule has 0 unspecified atom stereocenters. The summed E-state index contributed by atoms with van der Waals surface area (Å²) in [6.45, 7) is 0. The van der Waals surface area contributed by atoms with Crippen LogP contribution in [0, 0.1) is 0 Å². The molecule has 0 radical (unpaired) electrons. The van der Waals surface area contributed by atoms with E-state index in [-0.39, 0.29) is 0 Å². The van der Waals surface area contributed by atoms with E-state index >= 15 is 0 Å². The third kappa shape index (κ3) is 3.22. The lowest BCUT2D eigenvalue weighted by Gasteiger charge is -2.11. The Kier molecular flexibility index (Phi) is 4.52. The van der Waals surface area contributed by atoms with Crippen LogP contribution in [-0.4, -0.2) is 0 Å². The lowest BCUT2D eigenvalue weighted by Crippen LogP contribution is -1.97. The van der Waals surface area contributed by atoms with Crippen molar-refractivity contribution in [1.82, 2.24) is 0 Å². The standard InChI is InChI=1S/C34H26/c1-3-11-29-27(7-1)21-33-25(9-5-13-31(29)33)19-23-15-17-24(18-16-23)20-26-10-6-14-32-30-12-4-2-8-28(30)22-34(26)32/h1-18H,19-22H2. The minimum Gasteiger partial charge on any atom is -0.0619 e. The van der Waals surface area contributed by atoms with E-state index in [1.165, 1.54) is 66.8 Å². The van der Waals surface area contributed by atoms with E-state index in [1.54, 1.807) is 0 Å². The van der Waals surface area contributed by atoms with Crippen LogP contribution in [0.25, 0.3) is 22.3 Å². The number of fused-ring (bicyclic) bond motifs is 6. The predicted molar refractivity (Wildman–Crippen MR) is 141 cm³/mol. The summed E-state index contributed by atoms with van der Waals surface area (Å²) in [6.07, 6.45) is 4.10. The molecule has 0 fully saturated rings. The Bertz CT molecular complexity index is 1420. The summed E-state index contributed by atoms with van der Waals surface area (Å²) in [5, 5.41) is 0. The molecule has 0 heteroatoms. The zero-order chi connectivity index (χ0) is 22.5. The Hall–Kier alpha value is -3.90. The fraction of sp³-hybridized carbons (Fsp3) is 0.118. The molecule has 5 aromatic rings. The summed E-state index contributed by atoms with van der Waals surface area (Å²) < 4.78 is 0. The van der Waals surface area contributed by atoms with Crippen molar-refractivity contribution in [3.8, 4) is 22.3 Å². The molecule has 0 aromatic heterocycles. The van der Waals surface area contributed by atoms with Crippen LogP contribution >= 0.6 is 0 Å². The fourth-order valence-electron chi connectivity index (χ4n) is 5.99. The summed E-state index contributed by atoms with van der Waals surface area (Å²) in [7, 11) is 0. The van der Waals surface area contributed by atoms with Gasteiger partial charge in [0.2, 0.25) is 0 Å². The number of hydrogen-bond acceptors (Lipinski definition) is 0. The van der Waals surface area contributed by atoms with Crippen molar-refractivity contribution in [2.45, 2.75) is 25.7 Å². The van der Waals surface area contributed by atoms with Crippen molar-refractivity contribution < 1.29 is 0 Å². The first-order valence-corrected chi connectivity index (χ1v) is 12.3. The fourth-order valence-corrected chi connectivity index (χ4v) is 5.99.